The fourth-order valence-electron chi connectivity index (χ4n) is 4.81. The molecule has 0 radical (unpaired) electrons. The molecule has 5 rings (SSSR count). The highest BCUT2D eigenvalue weighted by molar-refractivity contribution is 7.87. The molecule has 180 valence electrons. The number of amides is 1. The first-order chi connectivity index (χ1) is 16.2. The summed E-state index contributed by atoms with van der Waals surface area (Å²) in [7, 11) is -3.84. The van der Waals surface area contributed by atoms with E-state index in [1.807, 2.05) is 0 Å². The number of carbonyl (C=O) groups excluding carboxylic acids is 1. The van der Waals surface area contributed by atoms with Crippen LogP contribution in [0.25, 0.3) is 22.2 Å². The van der Waals surface area contributed by atoms with Crippen LogP contribution in [-0.4, -0.2) is 38.4 Å². The van der Waals surface area contributed by atoms with Crippen LogP contribution in [0.5, 0.6) is 0 Å². The second-order valence-electron chi connectivity index (χ2n) is 8.87. The number of fused-ring (bicyclic) bond motifs is 1. The maximum Gasteiger partial charge on any atom is 0.277 e. The van der Waals surface area contributed by atoms with Gasteiger partial charge in [0.2, 0.25) is 5.91 Å². The van der Waals surface area contributed by atoms with Crippen molar-refractivity contribution < 1.29 is 26.4 Å². The summed E-state index contributed by atoms with van der Waals surface area (Å²) in [5.74, 6) is -2.20. The molecule has 7 nitrogen and oxygen atoms in total. The molecule has 0 spiro atoms. The number of halogens is 3. The molecule has 4 N–H and O–H groups in total. The molecular formula is C23H23F3N4O3S. The van der Waals surface area contributed by atoms with Crippen molar-refractivity contribution in [3.63, 3.8) is 0 Å². The van der Waals surface area contributed by atoms with Gasteiger partial charge in [0.1, 0.15) is 23.5 Å². The van der Waals surface area contributed by atoms with Gasteiger partial charge in [-0.15, -0.1) is 0 Å². The van der Waals surface area contributed by atoms with Crippen molar-refractivity contribution in [3.8, 4) is 11.3 Å². The molecule has 1 aliphatic heterocycles. The van der Waals surface area contributed by atoms with E-state index in [9.17, 15) is 26.4 Å². The van der Waals surface area contributed by atoms with Gasteiger partial charge in [-0.25, -0.2) is 17.9 Å². The molecule has 0 unspecified atom stereocenters. The van der Waals surface area contributed by atoms with E-state index >= 15 is 0 Å². The summed E-state index contributed by atoms with van der Waals surface area (Å²) in [5, 5.41) is 3.00. The summed E-state index contributed by atoms with van der Waals surface area (Å²) in [4.78, 5) is 14.6. The zero-order valence-electron chi connectivity index (χ0n) is 18.0. The summed E-state index contributed by atoms with van der Waals surface area (Å²) in [6.45, 7) is 0.607. The number of rotatable bonds is 7. The Hall–Kier alpha value is -2.89. The van der Waals surface area contributed by atoms with E-state index in [1.165, 1.54) is 18.2 Å². The van der Waals surface area contributed by atoms with Crippen LogP contribution < -0.4 is 14.8 Å². The summed E-state index contributed by atoms with van der Waals surface area (Å²) >= 11 is 0. The third-order valence-electron chi connectivity index (χ3n) is 6.55. The number of nitrogens with one attached hydrogen (secondary N) is 4. The zero-order chi connectivity index (χ0) is 24.0. The quantitative estimate of drug-likeness (QED) is 0.408. The standard InChI is InChI=1S/C23H23F3N4O3S/c24-15-3-1-13(2-4-15)21-20(17-9-16(25)10-18(26)22(17)29-21)14-7-12(8-14)11-28-34(32,33)30-19-5-6-27-23(19)31/h1-4,9-10,12,14,19,28-30H,5-8,11H2,(H,27,31)/t12?,14?,19-/m1/s1. The molecule has 2 heterocycles. The fourth-order valence-corrected chi connectivity index (χ4v) is 5.95. The Morgan fingerprint density at radius 2 is 1.76 bits per heavy atom. The van der Waals surface area contributed by atoms with Crippen LogP contribution in [0.1, 0.15) is 30.7 Å². The van der Waals surface area contributed by atoms with E-state index in [-0.39, 0.29) is 29.8 Å². The number of benzene rings is 2. The molecule has 1 atom stereocenters. The molecule has 1 saturated carbocycles. The normalized spacial score (nSPS) is 22.7. The highest BCUT2D eigenvalue weighted by Crippen LogP contribution is 2.48. The van der Waals surface area contributed by atoms with Crippen molar-refractivity contribution >= 4 is 27.0 Å². The van der Waals surface area contributed by atoms with Crippen LogP contribution in [0.15, 0.2) is 36.4 Å². The van der Waals surface area contributed by atoms with Crippen LogP contribution in [0.3, 0.4) is 0 Å². The minimum atomic E-state index is -3.84. The molecule has 11 heteroatoms. The number of hydrogen-bond acceptors (Lipinski definition) is 3. The predicted molar refractivity (Wildman–Crippen MR) is 121 cm³/mol. The van der Waals surface area contributed by atoms with Crippen molar-refractivity contribution in [3.05, 3.63) is 59.4 Å². The molecule has 1 aliphatic carbocycles. The molecule has 1 saturated heterocycles. The Labute approximate surface area is 194 Å². The number of aromatic amines is 1. The third-order valence-corrected chi connectivity index (χ3v) is 7.69. The summed E-state index contributed by atoms with van der Waals surface area (Å²) in [6, 6.07) is 7.08. The molecule has 0 bridgehead atoms. The van der Waals surface area contributed by atoms with Gasteiger partial charge in [-0.1, -0.05) is 0 Å². The first kappa shape index (κ1) is 22.9. The largest absolute Gasteiger partial charge is 0.355 e. The molecule has 3 aromatic rings. The van der Waals surface area contributed by atoms with Crippen molar-refractivity contribution in [1.82, 2.24) is 19.7 Å². The Morgan fingerprint density at radius 3 is 2.44 bits per heavy atom. The Balaban J connectivity index is 1.33. The molecule has 1 amide bonds. The smallest absolute Gasteiger partial charge is 0.277 e. The second kappa shape index (κ2) is 8.71. The lowest BCUT2D eigenvalue weighted by molar-refractivity contribution is -0.120. The Kier molecular flexibility index (Phi) is 5.86. The van der Waals surface area contributed by atoms with Crippen LogP contribution in [0.2, 0.25) is 0 Å². The Morgan fingerprint density at radius 1 is 1.03 bits per heavy atom. The minimum absolute atomic E-state index is 0.0170. The number of carbonyl (C=O) groups is 1. The highest BCUT2D eigenvalue weighted by Gasteiger charge is 2.36. The first-order valence-electron chi connectivity index (χ1n) is 11.0. The van der Waals surface area contributed by atoms with E-state index in [2.05, 4.69) is 19.7 Å². The topological polar surface area (TPSA) is 103 Å². The molecule has 2 fully saturated rings. The third kappa shape index (κ3) is 4.42. The average Bonchev–Trinajstić information content (AvgIpc) is 3.31. The van der Waals surface area contributed by atoms with Crippen LogP contribution in [0, 0.1) is 23.4 Å². The predicted octanol–water partition coefficient (Wildman–Crippen LogP) is 3.06. The minimum Gasteiger partial charge on any atom is -0.355 e. The molecule has 1 aromatic heterocycles. The lowest BCUT2D eigenvalue weighted by Gasteiger charge is -2.36. The lowest BCUT2D eigenvalue weighted by atomic mass is 9.70. The van der Waals surface area contributed by atoms with Crippen LogP contribution >= 0.6 is 0 Å². The average molecular weight is 493 g/mol. The van der Waals surface area contributed by atoms with Crippen molar-refractivity contribution in [2.75, 3.05) is 13.1 Å². The van der Waals surface area contributed by atoms with E-state index in [4.69, 9.17) is 0 Å². The highest BCUT2D eigenvalue weighted by atomic mass is 32.2. The fraction of sp³-hybridized carbons (Fsp3) is 0.348. The van der Waals surface area contributed by atoms with Crippen molar-refractivity contribution in [2.45, 2.75) is 31.2 Å². The van der Waals surface area contributed by atoms with Gasteiger partial charge < -0.3 is 10.3 Å². The van der Waals surface area contributed by atoms with Gasteiger partial charge >= 0.3 is 0 Å². The lowest BCUT2D eigenvalue weighted by Crippen LogP contribution is -2.47. The van der Waals surface area contributed by atoms with Crippen LogP contribution in [-0.2, 0) is 15.0 Å². The Bertz CT molecular complexity index is 1350. The zero-order valence-corrected chi connectivity index (χ0v) is 18.8. The van der Waals surface area contributed by atoms with E-state index in [0.29, 0.717) is 42.5 Å². The van der Waals surface area contributed by atoms with E-state index < -0.39 is 33.7 Å². The molecule has 34 heavy (non-hydrogen) atoms. The van der Waals surface area contributed by atoms with Gasteiger partial charge in [0.25, 0.3) is 10.2 Å². The van der Waals surface area contributed by atoms with E-state index in [1.54, 1.807) is 12.1 Å². The molecule has 2 aliphatic rings. The maximum absolute atomic E-state index is 14.5. The summed E-state index contributed by atoms with van der Waals surface area (Å²) in [5.41, 5.74) is 2.16. The van der Waals surface area contributed by atoms with Gasteiger partial charge in [0.05, 0.1) is 11.2 Å². The monoisotopic (exact) mass is 492 g/mol. The van der Waals surface area contributed by atoms with Gasteiger partial charge in [-0.2, -0.15) is 13.1 Å². The van der Waals surface area contributed by atoms with Gasteiger partial charge in [0.15, 0.2) is 0 Å². The van der Waals surface area contributed by atoms with E-state index in [0.717, 1.165) is 11.6 Å². The first-order valence-corrected chi connectivity index (χ1v) is 12.5. The van der Waals surface area contributed by atoms with Crippen molar-refractivity contribution in [1.29, 1.82) is 0 Å². The second-order valence-corrected chi connectivity index (χ2v) is 10.4. The molecule has 2 aromatic carbocycles. The van der Waals surface area contributed by atoms with Crippen molar-refractivity contribution in [2.24, 2.45) is 5.92 Å². The summed E-state index contributed by atoms with van der Waals surface area (Å²) in [6.07, 6.45) is 1.60. The maximum atomic E-state index is 14.5. The SMILES string of the molecule is O=C1NCC[C@H]1NS(=O)(=O)NCC1CC(c2c(-c3ccc(F)cc3)[nH]c3c(F)cc(F)cc23)C1. The number of hydrogen-bond donors (Lipinski definition) is 4. The van der Waals surface area contributed by atoms with Gasteiger partial charge in [-0.3, -0.25) is 4.79 Å². The number of H-pyrrole nitrogens is 1. The summed E-state index contributed by atoms with van der Waals surface area (Å²) < 4.78 is 71.4. The van der Waals surface area contributed by atoms with Crippen LogP contribution in [0.4, 0.5) is 13.2 Å². The van der Waals surface area contributed by atoms with Gasteiger partial charge in [0, 0.05) is 24.5 Å². The molecular weight excluding hydrogens is 469 g/mol. The van der Waals surface area contributed by atoms with Gasteiger partial charge in [-0.05, 0) is 72.6 Å². The number of aromatic nitrogens is 1.